The van der Waals surface area contributed by atoms with Crippen LogP contribution in [-0.2, 0) is 4.74 Å². The number of nitrogens with zero attached hydrogens (tertiary/aromatic N) is 1. The van der Waals surface area contributed by atoms with Crippen molar-refractivity contribution in [3.05, 3.63) is 69.3 Å². The summed E-state index contributed by atoms with van der Waals surface area (Å²) in [6.07, 6.45) is 3.70. The summed E-state index contributed by atoms with van der Waals surface area (Å²) in [7, 11) is 1.41. The molecule has 144 valence electrons. The Hall–Kier alpha value is -2.89. The van der Waals surface area contributed by atoms with E-state index in [1.807, 2.05) is 24.3 Å². The van der Waals surface area contributed by atoms with Crippen LogP contribution in [0.1, 0.15) is 52.7 Å². The van der Waals surface area contributed by atoms with Gasteiger partial charge in [-0.3, -0.25) is 10.1 Å². The highest BCUT2D eigenvalue weighted by Gasteiger charge is 2.53. The van der Waals surface area contributed by atoms with Crippen molar-refractivity contribution < 1.29 is 14.5 Å². The smallest absolute Gasteiger partial charge is 0.337 e. The number of rotatable bonds is 3. The first-order valence-electron chi connectivity index (χ1n) is 9.80. The van der Waals surface area contributed by atoms with Crippen LogP contribution in [0.4, 0.5) is 11.4 Å². The van der Waals surface area contributed by atoms with Crippen molar-refractivity contribution in [2.45, 2.75) is 31.2 Å². The molecule has 3 aliphatic rings. The number of benzene rings is 2. The van der Waals surface area contributed by atoms with Crippen LogP contribution in [0, 0.1) is 27.9 Å². The van der Waals surface area contributed by atoms with Gasteiger partial charge in [-0.2, -0.15) is 0 Å². The summed E-state index contributed by atoms with van der Waals surface area (Å²) in [4.78, 5) is 22.7. The molecule has 6 heteroatoms. The van der Waals surface area contributed by atoms with E-state index in [9.17, 15) is 14.9 Å². The molecule has 5 atom stereocenters. The van der Waals surface area contributed by atoms with Crippen molar-refractivity contribution in [3.8, 4) is 0 Å². The van der Waals surface area contributed by atoms with Gasteiger partial charge in [0.25, 0.3) is 5.69 Å². The number of carbonyl (C=O) groups is 1. The lowest BCUT2D eigenvalue weighted by atomic mass is 9.68. The number of esters is 1. The molecule has 0 saturated heterocycles. The Kier molecular flexibility index (Phi) is 3.89. The molecule has 2 saturated carbocycles. The minimum atomic E-state index is -0.359. The van der Waals surface area contributed by atoms with Crippen LogP contribution in [0.3, 0.4) is 0 Å². The van der Waals surface area contributed by atoms with E-state index in [1.165, 1.54) is 31.9 Å². The van der Waals surface area contributed by atoms with Crippen molar-refractivity contribution in [2.24, 2.45) is 17.8 Å². The van der Waals surface area contributed by atoms with Crippen molar-refractivity contribution >= 4 is 17.3 Å². The number of nitro groups is 1. The molecule has 1 aliphatic heterocycles. The fourth-order valence-electron chi connectivity index (χ4n) is 5.86. The third-order valence-electron chi connectivity index (χ3n) is 6.97. The lowest BCUT2D eigenvalue weighted by molar-refractivity contribution is -0.384. The molecular formula is C22H22N2O4. The number of nitro benzene ring substituents is 1. The third kappa shape index (κ3) is 2.51. The SMILES string of the molecule is COC(=O)c1ccc2c(c1)[C@H]1[C@@H]3CC[C@@H](C3)[C@H]1[C@H](c1ccc([N+](=O)[O-])cc1)N2. The molecule has 2 aromatic carbocycles. The van der Waals surface area contributed by atoms with E-state index >= 15 is 0 Å². The maximum atomic E-state index is 12.0. The monoisotopic (exact) mass is 378 g/mol. The Morgan fingerprint density at radius 3 is 2.61 bits per heavy atom. The van der Waals surface area contributed by atoms with Crippen molar-refractivity contribution in [1.29, 1.82) is 0 Å². The van der Waals surface area contributed by atoms with E-state index in [4.69, 9.17) is 4.74 Å². The average molecular weight is 378 g/mol. The second-order valence-corrected chi connectivity index (χ2v) is 8.20. The fraction of sp³-hybridized carbons (Fsp3) is 0.409. The second-order valence-electron chi connectivity index (χ2n) is 8.20. The Labute approximate surface area is 163 Å². The zero-order valence-electron chi connectivity index (χ0n) is 15.6. The number of carbonyl (C=O) groups excluding carboxylic acids is 1. The molecule has 1 N–H and O–H groups in total. The summed E-state index contributed by atoms with van der Waals surface area (Å²) in [6, 6.07) is 12.9. The molecule has 2 aromatic rings. The van der Waals surface area contributed by atoms with E-state index in [0.29, 0.717) is 29.2 Å². The summed E-state index contributed by atoms with van der Waals surface area (Å²) < 4.78 is 4.91. The Morgan fingerprint density at radius 1 is 1.14 bits per heavy atom. The van der Waals surface area contributed by atoms with Gasteiger partial charge in [0.05, 0.1) is 23.6 Å². The average Bonchev–Trinajstić information content (AvgIpc) is 3.35. The van der Waals surface area contributed by atoms with Gasteiger partial charge in [0.15, 0.2) is 0 Å². The molecule has 0 aromatic heterocycles. The number of methoxy groups -OCH3 is 1. The minimum absolute atomic E-state index is 0.118. The predicted molar refractivity (Wildman–Crippen MR) is 104 cm³/mol. The van der Waals surface area contributed by atoms with E-state index < -0.39 is 0 Å². The lowest BCUT2D eigenvalue weighted by Crippen LogP contribution is -2.35. The van der Waals surface area contributed by atoms with Gasteiger partial charge >= 0.3 is 5.97 Å². The van der Waals surface area contributed by atoms with Gasteiger partial charge < -0.3 is 10.1 Å². The van der Waals surface area contributed by atoms with Gasteiger partial charge in [-0.15, -0.1) is 0 Å². The molecule has 28 heavy (non-hydrogen) atoms. The summed E-state index contributed by atoms with van der Waals surface area (Å²) in [5.74, 6) is 1.85. The number of hydrogen-bond acceptors (Lipinski definition) is 5. The minimum Gasteiger partial charge on any atom is -0.465 e. The molecular weight excluding hydrogens is 356 g/mol. The summed E-state index contributed by atoms with van der Waals surface area (Å²) in [6.45, 7) is 0. The lowest BCUT2D eigenvalue weighted by Gasteiger charge is -2.43. The first-order chi connectivity index (χ1) is 13.6. The normalized spacial score (nSPS) is 29.5. The summed E-state index contributed by atoms with van der Waals surface area (Å²) in [5.41, 5.74) is 4.09. The Balaban J connectivity index is 1.57. The molecule has 0 amide bonds. The first kappa shape index (κ1) is 17.2. The van der Waals surface area contributed by atoms with Gasteiger partial charge in [0.1, 0.15) is 0 Å². The van der Waals surface area contributed by atoms with Crippen LogP contribution in [-0.4, -0.2) is 18.0 Å². The van der Waals surface area contributed by atoms with Gasteiger partial charge in [-0.1, -0.05) is 12.1 Å². The number of hydrogen-bond donors (Lipinski definition) is 1. The van der Waals surface area contributed by atoms with E-state index in [-0.39, 0.29) is 22.6 Å². The topological polar surface area (TPSA) is 81.5 Å². The molecule has 5 rings (SSSR count). The van der Waals surface area contributed by atoms with Gasteiger partial charge in [0.2, 0.25) is 0 Å². The second kappa shape index (κ2) is 6.33. The van der Waals surface area contributed by atoms with Crippen LogP contribution in [0.25, 0.3) is 0 Å². The van der Waals surface area contributed by atoms with E-state index in [1.54, 1.807) is 18.2 Å². The zero-order chi connectivity index (χ0) is 19.4. The van der Waals surface area contributed by atoms with E-state index in [2.05, 4.69) is 5.32 Å². The molecule has 0 spiro atoms. The number of fused-ring (bicyclic) bond motifs is 7. The molecule has 2 fully saturated rings. The molecule has 2 bridgehead atoms. The molecule has 1 heterocycles. The van der Waals surface area contributed by atoms with Gasteiger partial charge in [-0.25, -0.2) is 4.79 Å². The third-order valence-corrected chi connectivity index (χ3v) is 6.97. The molecule has 0 radical (unpaired) electrons. The quantitative estimate of drug-likeness (QED) is 0.476. The van der Waals surface area contributed by atoms with Crippen LogP contribution in [0.15, 0.2) is 42.5 Å². The molecule has 2 aliphatic carbocycles. The van der Waals surface area contributed by atoms with Gasteiger partial charge in [0, 0.05) is 17.8 Å². The van der Waals surface area contributed by atoms with Crippen molar-refractivity contribution in [2.75, 3.05) is 12.4 Å². The van der Waals surface area contributed by atoms with Crippen LogP contribution in [0.5, 0.6) is 0 Å². The summed E-state index contributed by atoms with van der Waals surface area (Å²) in [5, 5.41) is 14.7. The number of non-ortho nitro benzene ring substituents is 1. The van der Waals surface area contributed by atoms with Crippen molar-refractivity contribution in [1.82, 2.24) is 0 Å². The van der Waals surface area contributed by atoms with Crippen LogP contribution < -0.4 is 5.32 Å². The number of nitrogens with one attached hydrogen (secondary N) is 1. The molecule has 6 nitrogen and oxygen atoms in total. The zero-order valence-corrected chi connectivity index (χ0v) is 15.6. The highest BCUT2D eigenvalue weighted by Crippen LogP contribution is 2.63. The summed E-state index contributed by atoms with van der Waals surface area (Å²) >= 11 is 0. The maximum Gasteiger partial charge on any atom is 0.337 e. The van der Waals surface area contributed by atoms with Gasteiger partial charge in [-0.05, 0) is 72.3 Å². The first-order valence-corrected chi connectivity index (χ1v) is 9.80. The van der Waals surface area contributed by atoms with Crippen LogP contribution >= 0.6 is 0 Å². The maximum absolute atomic E-state index is 12.0. The molecule has 0 unspecified atom stereocenters. The Morgan fingerprint density at radius 2 is 1.89 bits per heavy atom. The van der Waals surface area contributed by atoms with Crippen molar-refractivity contribution in [3.63, 3.8) is 0 Å². The highest BCUT2D eigenvalue weighted by molar-refractivity contribution is 5.90. The largest absolute Gasteiger partial charge is 0.465 e. The predicted octanol–water partition coefficient (Wildman–Crippen LogP) is 4.68. The highest BCUT2D eigenvalue weighted by atomic mass is 16.6. The number of anilines is 1. The van der Waals surface area contributed by atoms with E-state index in [0.717, 1.165) is 11.3 Å². The van der Waals surface area contributed by atoms with Crippen LogP contribution in [0.2, 0.25) is 0 Å². The standard InChI is InChI=1S/C22H22N2O4/c1-28-22(25)15-6-9-18-17(11-15)19-13-2-3-14(10-13)20(19)21(23-18)12-4-7-16(8-5-12)24(26)27/h4-9,11,13-14,19-21,23H,2-3,10H2,1H3/t13-,14+,19-,20-,21+/m1/s1. The Bertz CT molecular complexity index is 956. The fourth-order valence-corrected chi connectivity index (χ4v) is 5.86. The number of ether oxygens (including phenoxy) is 1.